The largest absolute Gasteiger partial charge is 0.394 e. The minimum Gasteiger partial charge on any atom is -0.394 e. The maximum Gasteiger partial charge on any atom is 0.187 e. The van der Waals surface area contributed by atoms with E-state index in [4.69, 9.17) is 34.0 Å². The normalized spacial score (nSPS) is 38.4. The first-order valence-electron chi connectivity index (χ1n) is 10.7. The average molecular weight is 499 g/mol. The minimum absolute atomic E-state index is 0.0243. The predicted molar refractivity (Wildman–Crippen MR) is 108 cm³/mol. The highest BCUT2D eigenvalue weighted by Crippen LogP contribution is 2.29. The Morgan fingerprint density at radius 1 is 0.706 bits per heavy atom. The maximum absolute atomic E-state index is 10.5. The Bertz CT molecular complexity index is 624. The fraction of sp³-hybridized carbons (Fsp3) is 1.00. The third-order valence-electron chi connectivity index (χ3n) is 5.24. The second kappa shape index (κ2) is 15.0. The summed E-state index contributed by atoms with van der Waals surface area (Å²) in [6.07, 6.45) is -15.1. The SMILES string of the molecule is [N-]=[N+]=NCCOCCOCCOC1O[C@H](CO)[C@@H](O[C@@H]2O[C@H](CO)[C@H](O)[C@H](O)[C@H]2O)[C@H](O)[C@H]1O. The number of rotatable bonds is 14. The third kappa shape index (κ3) is 7.91. The molecule has 0 saturated carbocycles. The van der Waals surface area contributed by atoms with Gasteiger partial charge >= 0.3 is 0 Å². The lowest BCUT2D eigenvalue weighted by Crippen LogP contribution is -2.64. The van der Waals surface area contributed by atoms with Crippen molar-refractivity contribution in [1.29, 1.82) is 0 Å². The lowest BCUT2D eigenvalue weighted by Gasteiger charge is -2.45. The molecule has 198 valence electrons. The topological polar surface area (TPSA) is 246 Å². The van der Waals surface area contributed by atoms with Gasteiger partial charge in [0.25, 0.3) is 0 Å². The summed E-state index contributed by atoms with van der Waals surface area (Å²) in [6, 6.07) is 0. The second-order valence-corrected chi connectivity index (χ2v) is 7.55. The number of ether oxygens (including phenoxy) is 6. The molecule has 2 fully saturated rings. The van der Waals surface area contributed by atoms with E-state index in [-0.39, 0.29) is 39.6 Å². The van der Waals surface area contributed by atoms with Crippen LogP contribution in [0.25, 0.3) is 10.4 Å². The minimum atomic E-state index is -1.74. The first kappa shape index (κ1) is 29.0. The number of azide groups is 1. The molecule has 0 aromatic rings. The van der Waals surface area contributed by atoms with E-state index in [0.29, 0.717) is 0 Å². The fourth-order valence-electron chi connectivity index (χ4n) is 3.39. The van der Waals surface area contributed by atoms with E-state index >= 15 is 0 Å². The zero-order chi connectivity index (χ0) is 25.1. The first-order valence-corrected chi connectivity index (χ1v) is 10.7. The van der Waals surface area contributed by atoms with Gasteiger partial charge in [0, 0.05) is 11.5 Å². The highest BCUT2D eigenvalue weighted by atomic mass is 16.7. The summed E-state index contributed by atoms with van der Waals surface area (Å²) in [4.78, 5) is 2.59. The molecule has 0 bridgehead atoms. The van der Waals surface area contributed by atoms with Gasteiger partial charge in [-0.1, -0.05) is 5.11 Å². The summed E-state index contributed by atoms with van der Waals surface area (Å²) in [7, 11) is 0. The summed E-state index contributed by atoms with van der Waals surface area (Å²) >= 11 is 0. The number of aliphatic hydroxyl groups is 7. The molecule has 0 amide bonds. The molecule has 0 aromatic heterocycles. The van der Waals surface area contributed by atoms with E-state index in [0.717, 1.165) is 0 Å². The second-order valence-electron chi connectivity index (χ2n) is 7.55. The number of hydrogen-bond donors (Lipinski definition) is 7. The van der Waals surface area contributed by atoms with Crippen LogP contribution in [0.3, 0.4) is 0 Å². The van der Waals surface area contributed by atoms with Gasteiger partial charge in [-0.25, -0.2) is 0 Å². The van der Waals surface area contributed by atoms with Gasteiger partial charge in [-0.15, -0.1) is 0 Å². The summed E-state index contributed by atoms with van der Waals surface area (Å²) in [5, 5.41) is 73.0. The van der Waals surface area contributed by atoms with Crippen molar-refractivity contribution in [3.8, 4) is 0 Å². The van der Waals surface area contributed by atoms with Crippen LogP contribution in [0, 0.1) is 0 Å². The van der Waals surface area contributed by atoms with E-state index in [1.807, 2.05) is 0 Å². The van der Waals surface area contributed by atoms with Gasteiger partial charge < -0.3 is 64.2 Å². The van der Waals surface area contributed by atoms with E-state index in [1.165, 1.54) is 0 Å². The lowest BCUT2D eigenvalue weighted by molar-refractivity contribution is -0.359. The van der Waals surface area contributed by atoms with Crippen molar-refractivity contribution in [2.75, 3.05) is 52.8 Å². The molecule has 0 radical (unpaired) electrons. The van der Waals surface area contributed by atoms with Crippen molar-refractivity contribution in [2.24, 2.45) is 5.11 Å². The Morgan fingerprint density at radius 3 is 1.94 bits per heavy atom. The number of aliphatic hydroxyl groups excluding tert-OH is 7. The van der Waals surface area contributed by atoms with Crippen molar-refractivity contribution in [2.45, 2.75) is 61.4 Å². The molecule has 2 saturated heterocycles. The molecule has 7 N–H and O–H groups in total. The molecule has 0 aromatic carbocycles. The van der Waals surface area contributed by atoms with Crippen molar-refractivity contribution in [3.05, 3.63) is 10.4 Å². The standard InChI is InChI=1S/C18H33N3O13/c19-21-20-1-2-29-3-4-30-5-6-31-17-15(28)13(26)16(10(8-23)33-17)34-18-14(27)12(25)11(24)9(7-22)32-18/h9-18,22-28H,1-8H2/t9-,10-,11+,12+,13-,14-,15-,16-,17?,18+/m1/s1. The molecule has 16 nitrogen and oxygen atoms in total. The Balaban J connectivity index is 1.79. The monoisotopic (exact) mass is 499 g/mol. The first-order chi connectivity index (χ1) is 16.3. The van der Waals surface area contributed by atoms with Gasteiger partial charge in [0.05, 0.1) is 46.2 Å². The van der Waals surface area contributed by atoms with Crippen LogP contribution >= 0.6 is 0 Å². The zero-order valence-electron chi connectivity index (χ0n) is 18.4. The molecule has 2 rings (SSSR count). The average Bonchev–Trinajstić information content (AvgIpc) is 2.84. The summed E-state index contributed by atoms with van der Waals surface area (Å²) in [6.45, 7) is -0.266. The summed E-state index contributed by atoms with van der Waals surface area (Å²) in [5.74, 6) is 0. The fourth-order valence-corrected chi connectivity index (χ4v) is 3.39. The van der Waals surface area contributed by atoms with Gasteiger partial charge in [-0.2, -0.15) is 0 Å². The predicted octanol–water partition coefficient (Wildman–Crippen LogP) is -4.03. The molecule has 0 aliphatic carbocycles. The Kier molecular flexibility index (Phi) is 12.8. The molecular weight excluding hydrogens is 466 g/mol. The van der Waals surface area contributed by atoms with Crippen LogP contribution in [0.1, 0.15) is 0 Å². The number of nitrogens with zero attached hydrogens (tertiary/aromatic N) is 3. The third-order valence-corrected chi connectivity index (χ3v) is 5.24. The zero-order valence-corrected chi connectivity index (χ0v) is 18.4. The van der Waals surface area contributed by atoms with Crippen LogP contribution in [0.2, 0.25) is 0 Å². The Morgan fingerprint density at radius 2 is 1.29 bits per heavy atom. The van der Waals surface area contributed by atoms with Crippen LogP contribution in [0.15, 0.2) is 5.11 Å². The summed E-state index contributed by atoms with van der Waals surface area (Å²) in [5.41, 5.74) is 8.14. The quantitative estimate of drug-likeness (QED) is 0.0521. The molecule has 0 spiro atoms. The van der Waals surface area contributed by atoms with E-state index in [9.17, 15) is 35.7 Å². The van der Waals surface area contributed by atoms with Crippen molar-refractivity contribution in [3.63, 3.8) is 0 Å². The highest BCUT2D eigenvalue weighted by Gasteiger charge is 2.50. The van der Waals surface area contributed by atoms with Gasteiger partial charge in [0.1, 0.15) is 48.8 Å². The van der Waals surface area contributed by atoms with Crippen molar-refractivity contribution in [1.82, 2.24) is 0 Å². The van der Waals surface area contributed by atoms with Gasteiger partial charge in [-0.05, 0) is 5.53 Å². The molecule has 1 unspecified atom stereocenters. The smallest absolute Gasteiger partial charge is 0.187 e. The molecular formula is C18H33N3O13. The Labute approximate surface area is 194 Å². The van der Waals surface area contributed by atoms with E-state index in [2.05, 4.69) is 10.0 Å². The molecule has 2 heterocycles. The Hall–Kier alpha value is -1.21. The van der Waals surface area contributed by atoms with Crippen molar-refractivity contribution < 1.29 is 64.2 Å². The van der Waals surface area contributed by atoms with Crippen LogP contribution in [-0.4, -0.2) is 150 Å². The molecule has 2 aliphatic heterocycles. The molecule has 34 heavy (non-hydrogen) atoms. The molecule has 2 aliphatic rings. The van der Waals surface area contributed by atoms with Gasteiger partial charge in [0.2, 0.25) is 0 Å². The van der Waals surface area contributed by atoms with Crippen LogP contribution in [-0.2, 0) is 28.4 Å². The van der Waals surface area contributed by atoms with Gasteiger partial charge in [-0.3, -0.25) is 0 Å². The van der Waals surface area contributed by atoms with E-state index in [1.54, 1.807) is 0 Å². The summed E-state index contributed by atoms with van der Waals surface area (Å²) < 4.78 is 32.0. The maximum atomic E-state index is 10.5. The van der Waals surface area contributed by atoms with Crippen LogP contribution in [0.4, 0.5) is 0 Å². The van der Waals surface area contributed by atoms with E-state index < -0.39 is 74.6 Å². The molecule has 10 atom stereocenters. The highest BCUT2D eigenvalue weighted by molar-refractivity contribution is 4.94. The molecule has 16 heteroatoms. The van der Waals surface area contributed by atoms with Crippen LogP contribution in [0.5, 0.6) is 0 Å². The lowest BCUT2D eigenvalue weighted by atomic mass is 9.97. The van der Waals surface area contributed by atoms with Crippen LogP contribution < -0.4 is 0 Å². The van der Waals surface area contributed by atoms with Crippen molar-refractivity contribution >= 4 is 0 Å². The van der Waals surface area contributed by atoms with Gasteiger partial charge in [0.15, 0.2) is 12.6 Å². The number of hydrogen-bond acceptors (Lipinski definition) is 14.